The Balaban J connectivity index is 0.000000209. The number of hydrogen-bond acceptors (Lipinski definition) is 9. The van der Waals surface area contributed by atoms with Crippen molar-refractivity contribution in [3.05, 3.63) is 102 Å². The predicted octanol–water partition coefficient (Wildman–Crippen LogP) is 6.91. The second kappa shape index (κ2) is 13.6. The maximum Gasteiger partial charge on any atom is 0.387 e. The number of ether oxygens (including phenoxy) is 2. The molecule has 2 aliphatic rings. The first-order valence-corrected chi connectivity index (χ1v) is 16.1. The first-order valence-electron chi connectivity index (χ1n) is 16.1. The number of benzene rings is 4. The Morgan fingerprint density at radius 1 is 0.939 bits per heavy atom. The monoisotopic (exact) mass is 664 g/mol. The number of alkyl halides is 2. The number of methoxy groups -OCH3 is 1. The normalized spacial score (nSPS) is 18.3. The Morgan fingerprint density at radius 3 is 2.49 bits per heavy atom. The molecule has 3 unspecified atom stereocenters. The Kier molecular flexibility index (Phi) is 8.87. The maximum absolute atomic E-state index is 13.1. The molecular formula is C37H34F2N6O4. The lowest BCUT2D eigenvalue weighted by molar-refractivity contribution is -0.0513. The quantitative estimate of drug-likeness (QED) is 0.184. The van der Waals surface area contributed by atoms with Gasteiger partial charge in [-0.05, 0) is 72.7 Å². The Hall–Kier alpha value is -5.49. The molecule has 2 aromatic heterocycles. The second-order valence-electron chi connectivity index (χ2n) is 12.0. The molecule has 0 radical (unpaired) electrons. The first kappa shape index (κ1) is 32.1. The number of aliphatic imine (C=N–C) groups is 1. The second-order valence-corrected chi connectivity index (χ2v) is 12.0. The molecule has 2 N–H and O–H groups in total. The fourth-order valence-corrected chi connectivity index (χ4v) is 6.64. The van der Waals surface area contributed by atoms with Gasteiger partial charge in [0, 0.05) is 39.6 Å². The van der Waals surface area contributed by atoms with Crippen molar-refractivity contribution in [1.82, 2.24) is 25.2 Å². The number of phenolic OH excluding ortho intramolecular Hbond substituents is 1. The van der Waals surface area contributed by atoms with Crippen molar-refractivity contribution in [2.75, 3.05) is 7.11 Å². The zero-order chi connectivity index (χ0) is 34.1. The van der Waals surface area contributed by atoms with E-state index in [4.69, 9.17) is 14.5 Å². The Morgan fingerprint density at radius 2 is 1.73 bits per heavy atom. The molecule has 3 heterocycles. The van der Waals surface area contributed by atoms with E-state index in [2.05, 4.69) is 20.4 Å². The van der Waals surface area contributed by atoms with Crippen molar-refractivity contribution in [2.45, 2.75) is 57.4 Å². The molecule has 4 aromatic carbocycles. The number of aliphatic hydroxyl groups excluding tert-OH is 1. The molecule has 12 heteroatoms. The van der Waals surface area contributed by atoms with Crippen LogP contribution in [-0.4, -0.2) is 67.0 Å². The third kappa shape index (κ3) is 6.51. The number of rotatable bonds is 6. The summed E-state index contributed by atoms with van der Waals surface area (Å²) in [4.78, 5) is 10.9. The number of nitrogens with zero attached hydrogens (tertiary/aromatic N) is 6. The zero-order valence-corrected chi connectivity index (χ0v) is 26.9. The van der Waals surface area contributed by atoms with Crippen molar-refractivity contribution < 1.29 is 28.5 Å². The molecule has 1 aliphatic heterocycles. The van der Waals surface area contributed by atoms with E-state index in [1.165, 1.54) is 11.9 Å². The SMILES string of the molecule is CCn1nnc(-c2ccc(C3=NC4CCC(O)CC4c4cc(OC(F)F)c(OC)cc43)cc2)n1.Oc1ccc2ncc3ccccc3c2c1. The molecule has 0 saturated heterocycles. The van der Waals surface area contributed by atoms with Crippen LogP contribution in [0.5, 0.6) is 17.2 Å². The number of pyridine rings is 1. The average molecular weight is 665 g/mol. The molecule has 0 spiro atoms. The van der Waals surface area contributed by atoms with Crippen LogP contribution >= 0.6 is 0 Å². The number of phenols is 1. The van der Waals surface area contributed by atoms with Gasteiger partial charge in [-0.25, -0.2) is 0 Å². The van der Waals surface area contributed by atoms with Crippen LogP contribution in [0.1, 0.15) is 48.8 Å². The lowest BCUT2D eigenvalue weighted by atomic mass is 9.74. The highest BCUT2D eigenvalue weighted by atomic mass is 19.3. The largest absolute Gasteiger partial charge is 0.508 e. The van der Waals surface area contributed by atoms with Gasteiger partial charge in [0.2, 0.25) is 5.82 Å². The summed E-state index contributed by atoms with van der Waals surface area (Å²) in [5.41, 5.74) is 5.00. The molecule has 49 heavy (non-hydrogen) atoms. The number of halogens is 2. The molecule has 1 saturated carbocycles. The summed E-state index contributed by atoms with van der Waals surface area (Å²) in [5.74, 6) is 0.924. The van der Waals surface area contributed by atoms with Crippen molar-refractivity contribution in [2.24, 2.45) is 4.99 Å². The number of hydrogen-bond donors (Lipinski definition) is 2. The third-order valence-electron chi connectivity index (χ3n) is 9.01. The summed E-state index contributed by atoms with van der Waals surface area (Å²) in [6, 6.07) is 24.3. The molecule has 6 aromatic rings. The van der Waals surface area contributed by atoms with Crippen LogP contribution < -0.4 is 9.47 Å². The molecular weight excluding hydrogens is 630 g/mol. The van der Waals surface area contributed by atoms with Gasteiger partial charge >= 0.3 is 6.61 Å². The minimum Gasteiger partial charge on any atom is -0.508 e. The van der Waals surface area contributed by atoms with Crippen LogP contribution in [0.25, 0.3) is 33.1 Å². The van der Waals surface area contributed by atoms with E-state index in [-0.39, 0.29) is 29.2 Å². The number of tetrazole rings is 1. The summed E-state index contributed by atoms with van der Waals surface area (Å²) in [7, 11) is 1.41. The number of aryl methyl sites for hydroxylation is 1. The lowest BCUT2D eigenvalue weighted by Gasteiger charge is -2.37. The molecule has 8 rings (SSSR count). The Bertz CT molecular complexity index is 2150. The topological polar surface area (TPSA) is 128 Å². The number of aliphatic hydroxyl groups is 1. The van der Waals surface area contributed by atoms with E-state index >= 15 is 0 Å². The minimum atomic E-state index is -2.97. The van der Waals surface area contributed by atoms with Crippen LogP contribution in [0.15, 0.2) is 90.1 Å². The summed E-state index contributed by atoms with van der Waals surface area (Å²) < 4.78 is 36.2. The predicted molar refractivity (Wildman–Crippen MR) is 181 cm³/mol. The smallest absolute Gasteiger partial charge is 0.387 e. The summed E-state index contributed by atoms with van der Waals surface area (Å²) in [6.45, 7) is -0.394. The highest BCUT2D eigenvalue weighted by Gasteiger charge is 2.37. The van der Waals surface area contributed by atoms with Crippen LogP contribution in [0, 0.1) is 0 Å². The third-order valence-corrected chi connectivity index (χ3v) is 9.01. The lowest BCUT2D eigenvalue weighted by Crippen LogP contribution is -2.34. The number of aromatic nitrogens is 5. The van der Waals surface area contributed by atoms with Gasteiger partial charge in [-0.2, -0.15) is 13.6 Å². The number of aromatic hydroxyl groups is 1. The van der Waals surface area contributed by atoms with E-state index in [0.717, 1.165) is 49.6 Å². The Labute approximate surface area is 280 Å². The van der Waals surface area contributed by atoms with E-state index in [0.29, 0.717) is 31.6 Å². The van der Waals surface area contributed by atoms with E-state index in [1.54, 1.807) is 24.3 Å². The molecule has 0 bridgehead atoms. The van der Waals surface area contributed by atoms with Crippen molar-refractivity contribution in [3.8, 4) is 28.6 Å². The summed E-state index contributed by atoms with van der Waals surface area (Å²) >= 11 is 0. The molecule has 10 nitrogen and oxygen atoms in total. The van der Waals surface area contributed by atoms with Crippen molar-refractivity contribution in [1.29, 1.82) is 0 Å². The van der Waals surface area contributed by atoms with Gasteiger partial charge < -0.3 is 19.7 Å². The highest BCUT2D eigenvalue weighted by Crippen LogP contribution is 2.45. The van der Waals surface area contributed by atoms with Crippen LogP contribution in [0.4, 0.5) is 8.78 Å². The fraction of sp³-hybridized carbons (Fsp3) is 0.270. The van der Waals surface area contributed by atoms with Gasteiger partial charge in [0.15, 0.2) is 11.5 Å². The fourth-order valence-electron chi connectivity index (χ4n) is 6.64. The van der Waals surface area contributed by atoms with Crippen LogP contribution in [0.3, 0.4) is 0 Å². The zero-order valence-electron chi connectivity index (χ0n) is 26.9. The minimum absolute atomic E-state index is 0.0169. The van der Waals surface area contributed by atoms with Crippen molar-refractivity contribution >= 4 is 27.4 Å². The summed E-state index contributed by atoms with van der Waals surface area (Å²) in [6.07, 6.45) is 3.30. The van der Waals surface area contributed by atoms with Gasteiger partial charge in [-0.1, -0.05) is 48.5 Å². The van der Waals surface area contributed by atoms with Crippen LogP contribution in [0.2, 0.25) is 0 Å². The molecule has 3 atom stereocenters. The maximum atomic E-state index is 13.1. The van der Waals surface area contributed by atoms with Crippen molar-refractivity contribution in [3.63, 3.8) is 0 Å². The molecule has 1 aliphatic carbocycles. The number of fused-ring (bicyclic) bond motifs is 6. The molecule has 250 valence electrons. The average Bonchev–Trinajstić information content (AvgIpc) is 3.61. The van der Waals surface area contributed by atoms with E-state index in [9.17, 15) is 19.0 Å². The molecule has 0 amide bonds. The summed E-state index contributed by atoms with van der Waals surface area (Å²) in [5, 5.41) is 35.4. The molecule has 1 fully saturated rings. The van der Waals surface area contributed by atoms with Gasteiger partial charge in [0.25, 0.3) is 0 Å². The van der Waals surface area contributed by atoms with Gasteiger partial charge in [-0.15, -0.1) is 10.2 Å². The van der Waals surface area contributed by atoms with Gasteiger partial charge in [0.1, 0.15) is 5.75 Å². The highest BCUT2D eigenvalue weighted by molar-refractivity contribution is 6.15. The first-order chi connectivity index (χ1) is 23.8. The van der Waals surface area contributed by atoms with E-state index < -0.39 is 12.7 Å². The van der Waals surface area contributed by atoms with Crippen LogP contribution in [-0.2, 0) is 6.54 Å². The van der Waals surface area contributed by atoms with E-state index in [1.807, 2.05) is 67.7 Å². The standard InChI is InChI=1S/C24H25F2N5O3.C13H9NO/c1-3-31-29-23(28-30-31)14-6-4-13(5-7-14)22-18-12-20(33-2)21(34-24(25)26)11-16(18)17-10-15(32)8-9-19(17)27-22;15-10-5-6-13-12(7-10)11-4-2-1-3-9(11)8-14-13/h4-7,11-12,15,17,19,24,32H,3,8-10H2,1-2H3;1-8,15H. The van der Waals surface area contributed by atoms with Gasteiger partial charge in [0.05, 0.1) is 37.0 Å². The van der Waals surface area contributed by atoms with Gasteiger partial charge in [-0.3, -0.25) is 9.98 Å².